The van der Waals surface area contributed by atoms with Crippen LogP contribution in [0.3, 0.4) is 0 Å². The van der Waals surface area contributed by atoms with Gasteiger partial charge >= 0.3 is 0 Å². The first-order valence-corrected chi connectivity index (χ1v) is 7.33. The molecule has 0 radical (unpaired) electrons. The quantitative estimate of drug-likeness (QED) is 0.859. The summed E-state index contributed by atoms with van der Waals surface area (Å²) < 4.78 is 26.9. The summed E-state index contributed by atoms with van der Waals surface area (Å²) >= 11 is 0.917. The molecule has 108 valence electrons. The Morgan fingerprint density at radius 1 is 1.19 bits per heavy atom. The van der Waals surface area contributed by atoms with Crippen molar-refractivity contribution >= 4 is 11.8 Å². The van der Waals surface area contributed by atoms with E-state index in [0.29, 0.717) is 23.4 Å². The van der Waals surface area contributed by atoms with Crippen LogP contribution in [-0.2, 0) is 12.8 Å². The standard InChI is InChI=1S/C15H13F2N3S/c1-3-10-11(8-18)15(20-19-13(10)4-2)21-14-7-9(16)5-6-12(14)17/h5-7H,3-4H2,1-2H3. The van der Waals surface area contributed by atoms with E-state index in [2.05, 4.69) is 16.3 Å². The molecule has 0 aliphatic carbocycles. The van der Waals surface area contributed by atoms with Crippen molar-refractivity contribution in [3.63, 3.8) is 0 Å². The number of aromatic nitrogens is 2. The van der Waals surface area contributed by atoms with Gasteiger partial charge in [0.1, 0.15) is 22.7 Å². The average molecular weight is 305 g/mol. The van der Waals surface area contributed by atoms with E-state index in [1.54, 1.807) is 0 Å². The van der Waals surface area contributed by atoms with Crippen molar-refractivity contribution in [2.75, 3.05) is 0 Å². The van der Waals surface area contributed by atoms with Crippen LogP contribution in [0.25, 0.3) is 0 Å². The SMILES string of the molecule is CCc1nnc(Sc2cc(F)ccc2F)c(C#N)c1CC. The van der Waals surface area contributed by atoms with E-state index in [1.807, 2.05) is 13.8 Å². The first-order chi connectivity index (χ1) is 10.1. The molecule has 0 aliphatic heterocycles. The van der Waals surface area contributed by atoms with Crippen LogP contribution in [0.2, 0.25) is 0 Å². The second-order valence-electron chi connectivity index (χ2n) is 4.30. The van der Waals surface area contributed by atoms with Gasteiger partial charge in [-0.15, -0.1) is 5.10 Å². The van der Waals surface area contributed by atoms with Crippen LogP contribution in [-0.4, -0.2) is 10.2 Å². The van der Waals surface area contributed by atoms with Crippen molar-refractivity contribution in [3.8, 4) is 6.07 Å². The van der Waals surface area contributed by atoms with Gasteiger partial charge in [0, 0.05) is 0 Å². The Morgan fingerprint density at radius 3 is 2.57 bits per heavy atom. The lowest BCUT2D eigenvalue weighted by Crippen LogP contribution is -2.04. The van der Waals surface area contributed by atoms with E-state index >= 15 is 0 Å². The van der Waals surface area contributed by atoms with Gasteiger partial charge in [0.15, 0.2) is 0 Å². The first-order valence-electron chi connectivity index (χ1n) is 6.52. The third-order valence-corrected chi connectivity index (χ3v) is 4.04. The fraction of sp³-hybridized carbons (Fsp3) is 0.267. The number of nitriles is 1. The maximum Gasteiger partial charge on any atom is 0.142 e. The Hall–Kier alpha value is -2.00. The van der Waals surface area contributed by atoms with Crippen molar-refractivity contribution in [1.29, 1.82) is 5.26 Å². The minimum Gasteiger partial charge on any atom is -0.207 e. The van der Waals surface area contributed by atoms with Gasteiger partial charge in [-0.1, -0.05) is 25.6 Å². The second-order valence-corrected chi connectivity index (χ2v) is 5.33. The molecule has 0 bridgehead atoms. The Labute approximate surface area is 126 Å². The van der Waals surface area contributed by atoms with Gasteiger partial charge in [0.2, 0.25) is 0 Å². The summed E-state index contributed by atoms with van der Waals surface area (Å²) in [4.78, 5) is 0.0899. The van der Waals surface area contributed by atoms with Crippen LogP contribution < -0.4 is 0 Å². The smallest absolute Gasteiger partial charge is 0.142 e. The molecule has 3 nitrogen and oxygen atoms in total. The Bertz CT molecular complexity index is 711. The molecule has 2 rings (SSSR count). The monoisotopic (exact) mass is 305 g/mol. The van der Waals surface area contributed by atoms with E-state index in [4.69, 9.17) is 0 Å². The predicted molar refractivity (Wildman–Crippen MR) is 76.0 cm³/mol. The maximum atomic E-state index is 13.7. The molecule has 1 aromatic carbocycles. The number of halogens is 2. The highest BCUT2D eigenvalue weighted by Gasteiger charge is 2.17. The molecule has 0 aliphatic rings. The zero-order chi connectivity index (χ0) is 15.4. The van der Waals surface area contributed by atoms with E-state index in [1.165, 1.54) is 0 Å². The summed E-state index contributed by atoms with van der Waals surface area (Å²) in [6.45, 7) is 3.86. The van der Waals surface area contributed by atoms with Crippen molar-refractivity contribution < 1.29 is 8.78 Å². The first kappa shape index (κ1) is 15.4. The summed E-state index contributed by atoms with van der Waals surface area (Å²) in [6.07, 6.45) is 1.31. The van der Waals surface area contributed by atoms with E-state index in [0.717, 1.165) is 41.2 Å². The fourth-order valence-electron chi connectivity index (χ4n) is 2.00. The van der Waals surface area contributed by atoms with Gasteiger partial charge in [-0.25, -0.2) is 8.78 Å². The van der Waals surface area contributed by atoms with Crippen molar-refractivity contribution in [1.82, 2.24) is 10.2 Å². The van der Waals surface area contributed by atoms with Crippen LogP contribution in [0, 0.1) is 23.0 Å². The van der Waals surface area contributed by atoms with Gasteiger partial charge in [-0.3, -0.25) is 0 Å². The van der Waals surface area contributed by atoms with Crippen molar-refractivity contribution in [2.45, 2.75) is 36.6 Å². The average Bonchev–Trinajstić information content (AvgIpc) is 2.50. The lowest BCUT2D eigenvalue weighted by Gasteiger charge is -2.10. The summed E-state index contributed by atoms with van der Waals surface area (Å²) in [5.74, 6) is -1.09. The third-order valence-electron chi connectivity index (χ3n) is 3.03. The number of nitrogens with zero attached hydrogens (tertiary/aromatic N) is 3. The fourth-order valence-corrected chi connectivity index (χ4v) is 2.90. The van der Waals surface area contributed by atoms with Gasteiger partial charge in [-0.2, -0.15) is 10.4 Å². The summed E-state index contributed by atoms with van der Waals surface area (Å²) in [5.41, 5.74) is 1.96. The highest BCUT2D eigenvalue weighted by atomic mass is 32.2. The summed E-state index contributed by atoms with van der Waals surface area (Å²) in [7, 11) is 0. The molecule has 0 saturated heterocycles. The Balaban J connectivity index is 2.50. The molecule has 0 N–H and O–H groups in total. The topological polar surface area (TPSA) is 49.6 Å². The third kappa shape index (κ3) is 3.19. The summed E-state index contributed by atoms with van der Waals surface area (Å²) in [6, 6.07) is 5.29. The van der Waals surface area contributed by atoms with Crippen LogP contribution in [0.15, 0.2) is 28.1 Å². The Kier molecular flexibility index (Phi) is 4.86. The van der Waals surface area contributed by atoms with Gasteiger partial charge in [0.05, 0.1) is 16.2 Å². The van der Waals surface area contributed by atoms with Gasteiger partial charge in [0.25, 0.3) is 0 Å². The van der Waals surface area contributed by atoms with Crippen LogP contribution >= 0.6 is 11.8 Å². The number of rotatable bonds is 4. The van der Waals surface area contributed by atoms with E-state index < -0.39 is 11.6 Å². The molecule has 0 fully saturated rings. The lowest BCUT2D eigenvalue weighted by atomic mass is 10.1. The highest BCUT2D eigenvalue weighted by Crippen LogP contribution is 2.32. The highest BCUT2D eigenvalue weighted by molar-refractivity contribution is 7.99. The van der Waals surface area contributed by atoms with Gasteiger partial charge in [-0.05, 0) is 36.6 Å². The largest absolute Gasteiger partial charge is 0.207 e. The predicted octanol–water partition coefficient (Wildman–Crippen LogP) is 3.90. The van der Waals surface area contributed by atoms with E-state index in [-0.39, 0.29) is 4.90 Å². The lowest BCUT2D eigenvalue weighted by molar-refractivity contribution is 0.577. The molecule has 21 heavy (non-hydrogen) atoms. The molecular weight excluding hydrogens is 292 g/mol. The minimum atomic E-state index is -0.551. The molecule has 6 heteroatoms. The number of benzene rings is 1. The van der Waals surface area contributed by atoms with Crippen LogP contribution in [0.5, 0.6) is 0 Å². The van der Waals surface area contributed by atoms with Crippen molar-refractivity contribution in [2.24, 2.45) is 0 Å². The minimum absolute atomic E-state index is 0.0899. The number of aryl methyl sites for hydroxylation is 1. The van der Waals surface area contributed by atoms with E-state index in [9.17, 15) is 14.0 Å². The molecule has 0 atom stereocenters. The Morgan fingerprint density at radius 2 is 1.95 bits per heavy atom. The number of hydrogen-bond donors (Lipinski definition) is 0. The zero-order valence-electron chi connectivity index (χ0n) is 11.7. The molecule has 2 aromatic rings. The molecule has 0 spiro atoms. The molecule has 1 heterocycles. The van der Waals surface area contributed by atoms with Crippen molar-refractivity contribution in [3.05, 3.63) is 46.7 Å². The second kappa shape index (κ2) is 6.64. The summed E-state index contributed by atoms with van der Waals surface area (Å²) in [5, 5.41) is 17.7. The maximum absolute atomic E-state index is 13.7. The molecule has 1 aromatic heterocycles. The molecule has 0 unspecified atom stereocenters. The van der Waals surface area contributed by atoms with Crippen LogP contribution in [0.4, 0.5) is 8.78 Å². The zero-order valence-corrected chi connectivity index (χ0v) is 12.5. The molecule has 0 saturated carbocycles. The van der Waals surface area contributed by atoms with Crippen LogP contribution in [0.1, 0.15) is 30.7 Å². The van der Waals surface area contributed by atoms with Gasteiger partial charge < -0.3 is 0 Å². The normalized spacial score (nSPS) is 10.4. The number of hydrogen-bond acceptors (Lipinski definition) is 4. The molecule has 0 amide bonds. The molecular formula is C15H13F2N3S.